The number of nitrogens with two attached hydrogens (primary N) is 1. The Bertz CT molecular complexity index is 338. The fraction of sp³-hybridized carbons (Fsp3) is 0.455. The second-order valence-electron chi connectivity index (χ2n) is 3.30. The van der Waals surface area contributed by atoms with Crippen molar-refractivity contribution in [2.45, 2.75) is 19.2 Å². The zero-order valence-electron chi connectivity index (χ0n) is 8.92. The maximum Gasteiger partial charge on any atom is 0.416 e. The average Bonchev–Trinajstić information content (AvgIpc) is 2.25. The third kappa shape index (κ3) is 3.21. The summed E-state index contributed by atoms with van der Waals surface area (Å²) >= 11 is 0. The van der Waals surface area contributed by atoms with E-state index in [1.54, 1.807) is 13.0 Å². The van der Waals surface area contributed by atoms with Crippen LogP contribution in [0.5, 0.6) is 0 Å². The van der Waals surface area contributed by atoms with Crippen LogP contribution < -0.4 is 5.73 Å². The maximum atomic E-state index is 12.4. The smallest absolute Gasteiger partial charge is 0.372 e. The lowest BCUT2D eigenvalue weighted by Crippen LogP contribution is -2.16. The van der Waals surface area contributed by atoms with Gasteiger partial charge in [-0.25, -0.2) is 0 Å². The Labute approximate surface area is 92.2 Å². The van der Waals surface area contributed by atoms with Crippen molar-refractivity contribution >= 4 is 0 Å². The highest BCUT2D eigenvalue weighted by Gasteiger charge is 2.30. The first-order chi connectivity index (χ1) is 7.49. The molecule has 1 rings (SSSR count). The van der Waals surface area contributed by atoms with Crippen molar-refractivity contribution in [1.82, 2.24) is 0 Å². The summed E-state index contributed by atoms with van der Waals surface area (Å²) in [5.74, 6) is 0. The quantitative estimate of drug-likeness (QED) is 0.867. The van der Waals surface area contributed by atoms with Crippen LogP contribution in [0.25, 0.3) is 0 Å². The van der Waals surface area contributed by atoms with Gasteiger partial charge in [-0.1, -0.05) is 12.1 Å². The first kappa shape index (κ1) is 13.0. The molecule has 2 nitrogen and oxygen atoms in total. The van der Waals surface area contributed by atoms with Gasteiger partial charge in [-0.3, -0.25) is 0 Å². The predicted octanol–water partition coefficient (Wildman–Crippen LogP) is 2.74. The number of hydrogen-bond acceptors (Lipinski definition) is 2. The Balaban J connectivity index is 2.97. The maximum absolute atomic E-state index is 12.4. The summed E-state index contributed by atoms with van der Waals surface area (Å²) in [5.41, 5.74) is 5.22. The molecule has 5 heteroatoms. The molecule has 0 bridgehead atoms. The fourth-order valence-corrected chi connectivity index (χ4v) is 1.42. The van der Waals surface area contributed by atoms with Crippen LogP contribution in [-0.2, 0) is 10.9 Å². The molecule has 1 atom stereocenters. The summed E-state index contributed by atoms with van der Waals surface area (Å²) in [5, 5.41) is 0. The largest absolute Gasteiger partial charge is 0.416 e. The van der Waals surface area contributed by atoms with Crippen molar-refractivity contribution in [1.29, 1.82) is 0 Å². The predicted molar refractivity (Wildman–Crippen MR) is 54.9 cm³/mol. The van der Waals surface area contributed by atoms with Gasteiger partial charge >= 0.3 is 6.18 Å². The highest BCUT2D eigenvalue weighted by molar-refractivity contribution is 5.27. The first-order valence-electron chi connectivity index (χ1n) is 4.97. The molecule has 0 aliphatic heterocycles. The van der Waals surface area contributed by atoms with E-state index in [-0.39, 0.29) is 6.54 Å². The van der Waals surface area contributed by atoms with Crippen molar-refractivity contribution in [2.75, 3.05) is 13.2 Å². The molecule has 2 N–H and O–H groups in total. The van der Waals surface area contributed by atoms with E-state index in [4.69, 9.17) is 10.5 Å². The van der Waals surface area contributed by atoms with E-state index in [0.717, 1.165) is 12.1 Å². The van der Waals surface area contributed by atoms with Crippen molar-refractivity contribution in [3.05, 3.63) is 35.4 Å². The number of ether oxygens (including phenoxy) is 1. The molecule has 0 aromatic heterocycles. The first-order valence-corrected chi connectivity index (χ1v) is 4.97. The van der Waals surface area contributed by atoms with Gasteiger partial charge in [0, 0.05) is 13.2 Å². The van der Waals surface area contributed by atoms with Crippen LogP contribution in [0.2, 0.25) is 0 Å². The summed E-state index contributed by atoms with van der Waals surface area (Å²) in [6, 6.07) is 5.05. The van der Waals surface area contributed by atoms with Crippen molar-refractivity contribution in [3.8, 4) is 0 Å². The van der Waals surface area contributed by atoms with Gasteiger partial charge in [0.1, 0.15) is 0 Å². The number of rotatable bonds is 4. The molecule has 0 spiro atoms. The van der Waals surface area contributed by atoms with Gasteiger partial charge in [0.25, 0.3) is 0 Å². The zero-order valence-corrected chi connectivity index (χ0v) is 8.92. The molecule has 16 heavy (non-hydrogen) atoms. The average molecular weight is 233 g/mol. The lowest BCUT2D eigenvalue weighted by Gasteiger charge is -2.16. The van der Waals surface area contributed by atoms with Gasteiger partial charge in [0.2, 0.25) is 0 Å². The van der Waals surface area contributed by atoms with Crippen LogP contribution in [0.3, 0.4) is 0 Å². The van der Waals surface area contributed by atoms with Gasteiger partial charge in [0.15, 0.2) is 0 Å². The van der Waals surface area contributed by atoms with E-state index in [1.165, 1.54) is 6.07 Å². The second-order valence-corrected chi connectivity index (χ2v) is 3.30. The Morgan fingerprint density at radius 3 is 2.56 bits per heavy atom. The Kier molecular flexibility index (Phi) is 4.32. The lowest BCUT2D eigenvalue weighted by molar-refractivity contribution is -0.137. The van der Waals surface area contributed by atoms with Crippen LogP contribution in [-0.4, -0.2) is 13.2 Å². The van der Waals surface area contributed by atoms with Crippen molar-refractivity contribution < 1.29 is 17.9 Å². The second kappa shape index (κ2) is 5.32. The molecule has 1 aromatic rings. The van der Waals surface area contributed by atoms with Crippen LogP contribution in [0.4, 0.5) is 13.2 Å². The fourth-order valence-electron chi connectivity index (χ4n) is 1.42. The molecule has 0 radical (unpaired) electrons. The normalized spacial score (nSPS) is 13.8. The van der Waals surface area contributed by atoms with Gasteiger partial charge in [-0.05, 0) is 24.6 Å². The van der Waals surface area contributed by atoms with Gasteiger partial charge in [-0.15, -0.1) is 0 Å². The number of alkyl halides is 3. The molecular weight excluding hydrogens is 219 g/mol. The van der Waals surface area contributed by atoms with Crippen molar-refractivity contribution in [2.24, 2.45) is 5.73 Å². The van der Waals surface area contributed by atoms with Crippen LogP contribution in [0.1, 0.15) is 24.2 Å². The lowest BCUT2D eigenvalue weighted by atomic mass is 10.1. The Morgan fingerprint density at radius 1 is 1.38 bits per heavy atom. The Hall–Kier alpha value is -1.07. The monoisotopic (exact) mass is 233 g/mol. The van der Waals surface area contributed by atoms with E-state index in [1.807, 2.05) is 0 Å². The minimum Gasteiger partial charge on any atom is -0.372 e. The van der Waals surface area contributed by atoms with Crippen LogP contribution in [0, 0.1) is 0 Å². The van der Waals surface area contributed by atoms with E-state index in [2.05, 4.69) is 0 Å². The highest BCUT2D eigenvalue weighted by Crippen LogP contribution is 2.31. The highest BCUT2D eigenvalue weighted by atomic mass is 19.4. The van der Waals surface area contributed by atoms with Gasteiger partial charge in [0.05, 0.1) is 11.7 Å². The third-order valence-electron chi connectivity index (χ3n) is 2.17. The van der Waals surface area contributed by atoms with E-state index >= 15 is 0 Å². The third-order valence-corrected chi connectivity index (χ3v) is 2.17. The van der Waals surface area contributed by atoms with Crippen LogP contribution >= 0.6 is 0 Å². The molecular formula is C11H14F3NO. The summed E-state index contributed by atoms with van der Waals surface area (Å²) in [6.07, 6.45) is -4.81. The minimum atomic E-state index is -4.33. The molecule has 0 saturated heterocycles. The standard InChI is InChI=1S/C11H14F3NO/c1-2-16-10(7-15)8-4-3-5-9(6-8)11(12,13)14/h3-6,10H,2,7,15H2,1H3/t10-/m1/s1. The molecule has 90 valence electrons. The molecule has 0 aliphatic carbocycles. The molecule has 1 aromatic carbocycles. The van der Waals surface area contributed by atoms with E-state index in [9.17, 15) is 13.2 Å². The summed E-state index contributed by atoms with van der Waals surface area (Å²) in [6.45, 7) is 2.35. The number of halogens is 3. The molecule has 0 unspecified atom stereocenters. The van der Waals surface area contributed by atoms with Crippen LogP contribution in [0.15, 0.2) is 24.3 Å². The molecule has 0 amide bonds. The topological polar surface area (TPSA) is 35.2 Å². The summed E-state index contributed by atoms with van der Waals surface area (Å²) in [4.78, 5) is 0. The number of hydrogen-bond donors (Lipinski definition) is 1. The molecule has 0 aliphatic rings. The zero-order chi connectivity index (χ0) is 12.2. The van der Waals surface area contributed by atoms with E-state index in [0.29, 0.717) is 12.2 Å². The summed E-state index contributed by atoms with van der Waals surface area (Å²) < 4.78 is 42.6. The Morgan fingerprint density at radius 2 is 2.06 bits per heavy atom. The van der Waals surface area contributed by atoms with E-state index < -0.39 is 17.8 Å². The van der Waals surface area contributed by atoms with Crippen molar-refractivity contribution in [3.63, 3.8) is 0 Å². The SMILES string of the molecule is CCO[C@H](CN)c1cccc(C(F)(F)F)c1. The van der Waals surface area contributed by atoms with Gasteiger partial charge < -0.3 is 10.5 Å². The molecule has 0 heterocycles. The van der Waals surface area contributed by atoms with Gasteiger partial charge in [-0.2, -0.15) is 13.2 Å². The number of benzene rings is 1. The molecule has 0 saturated carbocycles. The summed E-state index contributed by atoms with van der Waals surface area (Å²) in [7, 11) is 0. The minimum absolute atomic E-state index is 0.162. The molecule has 0 fully saturated rings.